The number of aliphatic imine (C=N–C) groups is 2. The Kier molecular flexibility index (Phi) is 12.4. The zero-order valence-electron chi connectivity index (χ0n) is 29.0. The van der Waals surface area contributed by atoms with E-state index in [2.05, 4.69) is 21.7 Å². The first-order valence-electron chi connectivity index (χ1n) is 15.9. The van der Waals surface area contributed by atoms with Crippen molar-refractivity contribution in [2.75, 3.05) is 53.4 Å². The molecule has 0 amide bonds. The third-order valence-corrected chi connectivity index (χ3v) is 10.7. The summed E-state index contributed by atoms with van der Waals surface area (Å²) in [6, 6.07) is 10.4. The molecule has 51 heavy (non-hydrogen) atoms. The van der Waals surface area contributed by atoms with Gasteiger partial charge >= 0.3 is 6.18 Å². The van der Waals surface area contributed by atoms with E-state index < -0.39 is 50.5 Å². The molecule has 0 bridgehead atoms. The number of benzene rings is 2. The third-order valence-electron chi connectivity index (χ3n) is 8.94. The maximum atomic E-state index is 16.1. The molecule has 2 aromatic carbocycles. The standard InChI is InChI=1S/C35H41F5N6O4S/c1-41-17-14-32(42-2)46(22-24-11-12-27(49-5)21-30(24)50-6)51(47,48)33-28(36)19-26(20-29(33)37)45-18-8-15-34(23-45,44(3)4)16-13-25-9-7-10-31(43-25)35(38,39)40/h7,9-12,14,17,19-21H,2,8,13,15-16,18,22-23H2,1,3-6H3/b32-14+,41-17-/t34-/m0/s1. The lowest BCUT2D eigenvalue weighted by molar-refractivity contribution is -0.141. The minimum Gasteiger partial charge on any atom is -0.497 e. The van der Waals surface area contributed by atoms with Gasteiger partial charge in [0.15, 0.2) is 4.90 Å². The SMILES string of the molecule is C=N/C(=C\C=N/C)N(Cc1ccc(OC)cc1OC)S(=O)(=O)c1c(F)cc(N2CCC[C@@](CCc3cccc(C(F)(F)F)n3)(N(C)C)C2)cc1F. The lowest BCUT2D eigenvalue weighted by Crippen LogP contribution is -2.56. The van der Waals surface area contributed by atoms with Crippen LogP contribution in [-0.2, 0) is 29.2 Å². The lowest BCUT2D eigenvalue weighted by Gasteiger charge is -2.48. The number of allylic oxidation sites excluding steroid dienone is 1. The highest BCUT2D eigenvalue weighted by Gasteiger charge is 2.39. The largest absolute Gasteiger partial charge is 0.497 e. The van der Waals surface area contributed by atoms with E-state index in [4.69, 9.17) is 9.47 Å². The Morgan fingerprint density at radius 1 is 1.10 bits per heavy atom. The zero-order valence-corrected chi connectivity index (χ0v) is 29.9. The van der Waals surface area contributed by atoms with Crippen LogP contribution < -0.4 is 14.4 Å². The molecule has 0 unspecified atom stereocenters. The number of alkyl halides is 3. The quantitative estimate of drug-likeness (QED) is 0.140. The summed E-state index contributed by atoms with van der Waals surface area (Å²) in [5.74, 6) is -2.19. The molecule has 10 nitrogen and oxygen atoms in total. The highest BCUT2D eigenvalue weighted by atomic mass is 32.2. The molecule has 0 aliphatic carbocycles. The normalized spacial score (nSPS) is 17.2. The number of nitrogens with zero attached hydrogens (tertiary/aromatic N) is 6. The number of ether oxygens (including phenoxy) is 2. The number of rotatable bonds is 14. The molecule has 4 rings (SSSR count). The first kappa shape index (κ1) is 39.2. The minimum atomic E-state index is -4.96. The van der Waals surface area contributed by atoms with Crippen molar-refractivity contribution in [1.82, 2.24) is 14.2 Å². The fourth-order valence-electron chi connectivity index (χ4n) is 6.13. The second-order valence-electron chi connectivity index (χ2n) is 12.2. The number of anilines is 1. The van der Waals surface area contributed by atoms with E-state index in [-0.39, 0.29) is 35.9 Å². The first-order chi connectivity index (χ1) is 24.1. The second-order valence-corrected chi connectivity index (χ2v) is 14.0. The average Bonchev–Trinajstić information content (AvgIpc) is 3.09. The molecule has 2 heterocycles. The van der Waals surface area contributed by atoms with E-state index in [1.807, 2.05) is 19.0 Å². The Hall–Kier alpha value is -4.57. The second kappa shape index (κ2) is 16.2. The molecule has 276 valence electrons. The maximum absolute atomic E-state index is 16.1. The number of hydrogen-bond acceptors (Lipinski definition) is 9. The fourth-order valence-corrected chi connectivity index (χ4v) is 7.64. The topological polar surface area (TPSA) is 99.9 Å². The number of likely N-dealkylation sites (N-methyl/N-ethyl adjacent to an activating group) is 1. The lowest BCUT2D eigenvalue weighted by atomic mass is 9.82. The molecule has 1 atom stereocenters. The van der Waals surface area contributed by atoms with Crippen LogP contribution in [0.2, 0.25) is 0 Å². The molecule has 0 radical (unpaired) electrons. The number of aryl methyl sites for hydroxylation is 1. The van der Waals surface area contributed by atoms with Gasteiger partial charge in [-0.1, -0.05) is 6.07 Å². The van der Waals surface area contributed by atoms with Crippen LogP contribution in [0.4, 0.5) is 27.6 Å². The number of piperidine rings is 1. The van der Waals surface area contributed by atoms with Crippen molar-refractivity contribution < 1.29 is 39.8 Å². The van der Waals surface area contributed by atoms with E-state index in [0.29, 0.717) is 41.4 Å². The van der Waals surface area contributed by atoms with E-state index in [1.54, 1.807) is 17.0 Å². The van der Waals surface area contributed by atoms with Crippen LogP contribution in [0.3, 0.4) is 0 Å². The molecule has 1 aliphatic heterocycles. The van der Waals surface area contributed by atoms with E-state index in [1.165, 1.54) is 51.8 Å². The number of pyridine rings is 1. The van der Waals surface area contributed by atoms with E-state index >= 15 is 8.78 Å². The number of sulfonamides is 1. The Balaban J connectivity index is 1.69. The number of methoxy groups -OCH3 is 2. The predicted octanol–water partition coefficient (Wildman–Crippen LogP) is 6.36. The molecule has 3 aromatic rings. The van der Waals surface area contributed by atoms with Gasteiger partial charge < -0.3 is 19.3 Å². The van der Waals surface area contributed by atoms with Gasteiger partial charge in [0.05, 0.1) is 20.8 Å². The number of aromatic nitrogens is 1. The molecule has 1 fully saturated rings. The van der Waals surface area contributed by atoms with Crippen LogP contribution in [0.15, 0.2) is 75.3 Å². The van der Waals surface area contributed by atoms with Crippen molar-refractivity contribution in [2.45, 2.75) is 48.8 Å². The molecular weight excluding hydrogens is 695 g/mol. The fraction of sp³-hybridized carbons (Fsp3) is 0.400. The first-order valence-corrected chi connectivity index (χ1v) is 17.3. The van der Waals surface area contributed by atoms with Gasteiger partial charge in [0.1, 0.15) is 34.6 Å². The van der Waals surface area contributed by atoms with Gasteiger partial charge in [-0.05, 0) is 89.0 Å². The van der Waals surface area contributed by atoms with Crippen molar-refractivity contribution in [2.24, 2.45) is 9.98 Å². The average molecular weight is 737 g/mol. The van der Waals surface area contributed by atoms with Gasteiger partial charge in [-0.25, -0.2) is 31.5 Å². The van der Waals surface area contributed by atoms with Crippen LogP contribution in [0.1, 0.15) is 36.2 Å². The molecule has 1 aromatic heterocycles. The summed E-state index contributed by atoms with van der Waals surface area (Å²) in [6.07, 6.45) is -0.141. The highest BCUT2D eigenvalue weighted by molar-refractivity contribution is 7.89. The van der Waals surface area contributed by atoms with E-state index in [0.717, 1.165) is 18.2 Å². The Bertz CT molecular complexity index is 1860. The van der Waals surface area contributed by atoms with Crippen LogP contribution in [0, 0.1) is 11.6 Å². The van der Waals surface area contributed by atoms with Gasteiger partial charge in [-0.2, -0.15) is 13.2 Å². The summed E-state index contributed by atoms with van der Waals surface area (Å²) in [6.45, 7) is 3.71. The van der Waals surface area contributed by atoms with Crippen LogP contribution in [0.25, 0.3) is 0 Å². The molecule has 1 aliphatic rings. The molecular formula is C35H41F5N6O4S. The third kappa shape index (κ3) is 8.84. The summed E-state index contributed by atoms with van der Waals surface area (Å²) in [5.41, 5.74) is -0.825. The van der Waals surface area contributed by atoms with Crippen molar-refractivity contribution in [3.05, 3.63) is 89.0 Å². The Morgan fingerprint density at radius 3 is 2.39 bits per heavy atom. The monoisotopic (exact) mass is 736 g/mol. The molecule has 0 N–H and O–H groups in total. The van der Waals surface area contributed by atoms with Gasteiger partial charge in [-0.3, -0.25) is 4.99 Å². The van der Waals surface area contributed by atoms with Gasteiger partial charge in [0.25, 0.3) is 10.0 Å². The Morgan fingerprint density at radius 2 is 1.80 bits per heavy atom. The summed E-state index contributed by atoms with van der Waals surface area (Å²) in [7, 11) is 3.01. The Labute approximate surface area is 295 Å². The maximum Gasteiger partial charge on any atom is 0.433 e. The van der Waals surface area contributed by atoms with E-state index in [9.17, 15) is 21.6 Å². The molecule has 0 spiro atoms. The van der Waals surface area contributed by atoms with Gasteiger partial charge in [0, 0.05) is 54.9 Å². The van der Waals surface area contributed by atoms with Crippen LogP contribution >= 0.6 is 0 Å². The summed E-state index contributed by atoms with van der Waals surface area (Å²) in [5, 5.41) is 0. The van der Waals surface area contributed by atoms with Crippen LogP contribution in [0.5, 0.6) is 11.5 Å². The van der Waals surface area contributed by atoms with Crippen molar-refractivity contribution in [3.63, 3.8) is 0 Å². The van der Waals surface area contributed by atoms with Crippen LogP contribution in [-0.4, -0.2) is 89.5 Å². The number of halogens is 5. The predicted molar refractivity (Wildman–Crippen MR) is 186 cm³/mol. The number of hydrogen-bond donors (Lipinski definition) is 0. The van der Waals surface area contributed by atoms with Crippen molar-refractivity contribution in [3.8, 4) is 11.5 Å². The smallest absolute Gasteiger partial charge is 0.433 e. The zero-order chi connectivity index (χ0) is 37.6. The summed E-state index contributed by atoms with van der Waals surface area (Å²) < 4.78 is 112. The summed E-state index contributed by atoms with van der Waals surface area (Å²) >= 11 is 0. The molecule has 16 heteroatoms. The minimum absolute atomic E-state index is 0.117. The molecule has 1 saturated heterocycles. The van der Waals surface area contributed by atoms with Gasteiger partial charge in [-0.15, -0.1) is 0 Å². The summed E-state index contributed by atoms with van der Waals surface area (Å²) in [4.78, 5) is 14.0. The van der Waals surface area contributed by atoms with Gasteiger partial charge in [0.2, 0.25) is 0 Å². The van der Waals surface area contributed by atoms with Crippen molar-refractivity contribution >= 4 is 28.6 Å². The molecule has 0 saturated carbocycles. The van der Waals surface area contributed by atoms with Crippen molar-refractivity contribution in [1.29, 1.82) is 0 Å². The highest BCUT2D eigenvalue weighted by Crippen LogP contribution is 2.37.